The molecule has 0 aliphatic rings. The van der Waals surface area contributed by atoms with E-state index in [0.29, 0.717) is 0 Å². The Labute approximate surface area is 88.0 Å². The third-order valence-electron chi connectivity index (χ3n) is 2.25. The molecule has 2 heteroatoms. The number of ether oxygens (including phenoxy) is 1. The molecule has 0 saturated heterocycles. The van der Waals surface area contributed by atoms with Gasteiger partial charge in [0.05, 0.1) is 0 Å². The van der Waals surface area contributed by atoms with Gasteiger partial charge in [0, 0.05) is 6.92 Å². The van der Waals surface area contributed by atoms with Gasteiger partial charge in [-0.25, -0.2) is 0 Å². The highest BCUT2D eigenvalue weighted by Gasteiger charge is 2.10. The summed E-state index contributed by atoms with van der Waals surface area (Å²) < 4.78 is 5.23. The van der Waals surface area contributed by atoms with Crippen LogP contribution in [-0.4, -0.2) is 12.1 Å². The second-order valence-electron chi connectivity index (χ2n) is 4.34. The summed E-state index contributed by atoms with van der Waals surface area (Å²) in [6.07, 6.45) is 5.64. The Kier molecular flexibility index (Phi) is 7.54. The number of carbonyl (C=O) groups excluding carboxylic acids is 1. The minimum absolute atomic E-state index is 0.145. The number of hydrogen-bond donors (Lipinski definition) is 0. The van der Waals surface area contributed by atoms with Crippen LogP contribution < -0.4 is 0 Å². The molecule has 0 aromatic heterocycles. The van der Waals surface area contributed by atoms with Crippen molar-refractivity contribution in [3.63, 3.8) is 0 Å². The van der Waals surface area contributed by atoms with Crippen LogP contribution in [0.2, 0.25) is 0 Å². The van der Waals surface area contributed by atoms with Crippen LogP contribution >= 0.6 is 0 Å². The van der Waals surface area contributed by atoms with Gasteiger partial charge in [-0.2, -0.15) is 0 Å². The van der Waals surface area contributed by atoms with Gasteiger partial charge in [-0.1, -0.05) is 33.6 Å². The summed E-state index contributed by atoms with van der Waals surface area (Å²) in [5.41, 5.74) is 0. The molecule has 0 amide bonds. The fraction of sp³-hybridized carbons (Fsp3) is 0.917. The van der Waals surface area contributed by atoms with Crippen molar-refractivity contribution < 1.29 is 9.53 Å². The Morgan fingerprint density at radius 1 is 1.21 bits per heavy atom. The van der Waals surface area contributed by atoms with Gasteiger partial charge in [0.25, 0.3) is 0 Å². The third-order valence-corrected chi connectivity index (χ3v) is 2.25. The Bertz CT molecular complexity index is 152. The molecule has 1 atom stereocenters. The zero-order valence-electron chi connectivity index (χ0n) is 10.0. The summed E-state index contributed by atoms with van der Waals surface area (Å²) in [6, 6.07) is 0. The molecule has 0 heterocycles. The summed E-state index contributed by atoms with van der Waals surface area (Å²) in [6.45, 7) is 8.06. The highest BCUT2D eigenvalue weighted by atomic mass is 16.5. The van der Waals surface area contributed by atoms with Gasteiger partial charge in [0.1, 0.15) is 6.10 Å². The quantitative estimate of drug-likeness (QED) is 0.587. The molecule has 2 nitrogen and oxygen atoms in total. The smallest absolute Gasteiger partial charge is 0.302 e. The second kappa shape index (κ2) is 7.84. The molecule has 0 spiro atoms. The predicted octanol–water partition coefficient (Wildman–Crippen LogP) is 3.54. The minimum Gasteiger partial charge on any atom is -0.463 e. The summed E-state index contributed by atoms with van der Waals surface area (Å²) in [5.74, 6) is 0.600. The van der Waals surface area contributed by atoms with Gasteiger partial charge >= 0.3 is 5.97 Å². The van der Waals surface area contributed by atoms with Crippen LogP contribution in [0, 0.1) is 5.92 Å². The zero-order valence-corrected chi connectivity index (χ0v) is 10.0. The van der Waals surface area contributed by atoms with Crippen LogP contribution in [0.25, 0.3) is 0 Å². The highest BCUT2D eigenvalue weighted by molar-refractivity contribution is 5.66. The molecule has 0 radical (unpaired) electrons. The van der Waals surface area contributed by atoms with Gasteiger partial charge in [0.2, 0.25) is 0 Å². The van der Waals surface area contributed by atoms with Gasteiger partial charge in [-0.05, 0) is 25.2 Å². The van der Waals surface area contributed by atoms with Crippen LogP contribution in [-0.2, 0) is 9.53 Å². The first-order valence-corrected chi connectivity index (χ1v) is 5.73. The largest absolute Gasteiger partial charge is 0.463 e. The molecular formula is C12H24O2. The topological polar surface area (TPSA) is 26.3 Å². The van der Waals surface area contributed by atoms with E-state index in [1.165, 1.54) is 13.3 Å². The molecule has 0 rings (SSSR count). The molecule has 0 aromatic carbocycles. The van der Waals surface area contributed by atoms with E-state index in [0.717, 1.165) is 31.6 Å². The lowest BCUT2D eigenvalue weighted by atomic mass is 10.0. The highest BCUT2D eigenvalue weighted by Crippen LogP contribution is 2.14. The molecule has 0 fully saturated rings. The molecule has 0 aromatic rings. The van der Waals surface area contributed by atoms with E-state index in [9.17, 15) is 4.79 Å². The molecule has 0 aliphatic carbocycles. The molecule has 0 unspecified atom stereocenters. The molecule has 0 bridgehead atoms. The van der Waals surface area contributed by atoms with Crippen LogP contribution in [0.1, 0.15) is 59.8 Å². The van der Waals surface area contributed by atoms with Crippen molar-refractivity contribution in [1.29, 1.82) is 0 Å². The monoisotopic (exact) mass is 200 g/mol. The van der Waals surface area contributed by atoms with Crippen molar-refractivity contribution >= 4 is 5.97 Å². The van der Waals surface area contributed by atoms with Crippen LogP contribution in [0.3, 0.4) is 0 Å². The molecule has 84 valence electrons. The Balaban J connectivity index is 3.67. The summed E-state index contributed by atoms with van der Waals surface area (Å²) in [7, 11) is 0. The lowest BCUT2D eigenvalue weighted by molar-refractivity contribution is -0.147. The molecule has 0 N–H and O–H groups in total. The second-order valence-corrected chi connectivity index (χ2v) is 4.34. The normalized spacial score (nSPS) is 12.9. The van der Waals surface area contributed by atoms with Crippen LogP contribution in [0.15, 0.2) is 0 Å². The maximum Gasteiger partial charge on any atom is 0.302 e. The van der Waals surface area contributed by atoms with E-state index in [4.69, 9.17) is 4.74 Å². The Morgan fingerprint density at radius 2 is 1.86 bits per heavy atom. The summed E-state index contributed by atoms with van der Waals surface area (Å²) in [5, 5.41) is 0. The van der Waals surface area contributed by atoms with E-state index < -0.39 is 0 Å². The van der Waals surface area contributed by atoms with E-state index >= 15 is 0 Å². The van der Waals surface area contributed by atoms with Crippen molar-refractivity contribution in [2.24, 2.45) is 5.92 Å². The lowest BCUT2D eigenvalue weighted by Gasteiger charge is -2.16. The number of hydrogen-bond acceptors (Lipinski definition) is 2. The maximum atomic E-state index is 10.8. The Morgan fingerprint density at radius 3 is 2.29 bits per heavy atom. The zero-order chi connectivity index (χ0) is 11.0. The first kappa shape index (κ1) is 13.5. The first-order valence-electron chi connectivity index (χ1n) is 5.73. The third kappa shape index (κ3) is 8.09. The average molecular weight is 200 g/mol. The molecule has 14 heavy (non-hydrogen) atoms. The fourth-order valence-corrected chi connectivity index (χ4v) is 1.57. The van der Waals surface area contributed by atoms with Crippen LogP contribution in [0.5, 0.6) is 0 Å². The van der Waals surface area contributed by atoms with Crippen molar-refractivity contribution in [3.8, 4) is 0 Å². The predicted molar refractivity (Wildman–Crippen MR) is 59.2 cm³/mol. The Hall–Kier alpha value is -0.530. The van der Waals surface area contributed by atoms with Gasteiger partial charge in [-0.3, -0.25) is 4.79 Å². The van der Waals surface area contributed by atoms with Crippen molar-refractivity contribution in [1.82, 2.24) is 0 Å². The fourth-order valence-electron chi connectivity index (χ4n) is 1.57. The standard InChI is InChI=1S/C12H24O2/c1-5-7-12(14-11(4)13)9-6-8-10(2)3/h10,12H,5-9H2,1-4H3/t12-/m1/s1. The average Bonchev–Trinajstić information content (AvgIpc) is 2.02. The molecule has 0 saturated carbocycles. The van der Waals surface area contributed by atoms with E-state index in [1.54, 1.807) is 0 Å². The minimum atomic E-state index is -0.145. The number of carbonyl (C=O) groups is 1. The van der Waals surface area contributed by atoms with Gasteiger partial charge in [-0.15, -0.1) is 0 Å². The molecule has 0 aliphatic heterocycles. The van der Waals surface area contributed by atoms with Gasteiger partial charge < -0.3 is 4.74 Å². The van der Waals surface area contributed by atoms with E-state index in [1.807, 2.05) is 0 Å². The summed E-state index contributed by atoms with van der Waals surface area (Å²) in [4.78, 5) is 10.8. The lowest BCUT2D eigenvalue weighted by Crippen LogP contribution is -2.16. The van der Waals surface area contributed by atoms with E-state index in [-0.39, 0.29) is 12.1 Å². The van der Waals surface area contributed by atoms with E-state index in [2.05, 4.69) is 20.8 Å². The van der Waals surface area contributed by atoms with Crippen molar-refractivity contribution in [2.75, 3.05) is 0 Å². The molecular weight excluding hydrogens is 176 g/mol. The number of esters is 1. The van der Waals surface area contributed by atoms with Crippen molar-refractivity contribution in [2.45, 2.75) is 65.9 Å². The first-order chi connectivity index (χ1) is 6.56. The maximum absolute atomic E-state index is 10.8. The summed E-state index contributed by atoms with van der Waals surface area (Å²) >= 11 is 0. The van der Waals surface area contributed by atoms with Crippen molar-refractivity contribution in [3.05, 3.63) is 0 Å². The number of rotatable bonds is 7. The SMILES string of the molecule is CCC[C@H](CCCC(C)C)OC(C)=O. The van der Waals surface area contributed by atoms with Gasteiger partial charge in [0.15, 0.2) is 0 Å². The van der Waals surface area contributed by atoms with Crippen LogP contribution in [0.4, 0.5) is 0 Å².